The predicted molar refractivity (Wildman–Crippen MR) is 317 cm³/mol. The van der Waals surface area contributed by atoms with Gasteiger partial charge >= 0.3 is 0 Å². The second-order valence-electron chi connectivity index (χ2n) is 22.5. The number of thioether (sulfide) groups is 1. The van der Waals surface area contributed by atoms with Crippen LogP contribution in [0.1, 0.15) is 86.6 Å². The molecule has 1 spiro atoms. The molecular weight excluding hydrogens is 1160 g/mol. The summed E-state index contributed by atoms with van der Waals surface area (Å²) in [7, 11) is -4.15. The van der Waals surface area contributed by atoms with Crippen molar-refractivity contribution in [2.45, 2.75) is 92.5 Å². The summed E-state index contributed by atoms with van der Waals surface area (Å²) < 4.78 is 63.7. The number of sulfonamides is 1. The molecule has 5 N–H and O–H groups in total. The van der Waals surface area contributed by atoms with Crippen LogP contribution in [0.3, 0.4) is 0 Å². The number of nitrogens with zero attached hydrogens (tertiary/aromatic N) is 5. The summed E-state index contributed by atoms with van der Waals surface area (Å²) in [4.78, 5) is 51.3. The van der Waals surface area contributed by atoms with Gasteiger partial charge < -0.3 is 43.4 Å². The van der Waals surface area contributed by atoms with E-state index in [2.05, 4.69) is 70.2 Å². The average Bonchev–Trinajstić information content (AvgIpc) is 3.77. The minimum absolute atomic E-state index is 0. The van der Waals surface area contributed by atoms with Gasteiger partial charge in [-0.15, -0.1) is 17.8 Å². The van der Waals surface area contributed by atoms with Crippen LogP contribution in [0, 0.1) is 24.1 Å². The molecule has 83 heavy (non-hydrogen) atoms. The number of benzene rings is 4. The molecule has 4 aromatic carbocycles. The number of anilines is 2. The Bertz CT molecular complexity index is 2830. The summed E-state index contributed by atoms with van der Waals surface area (Å²) in [5.74, 6) is 0.500. The number of carbonyl (C=O) groups excluding carboxylic acids is 3. The minimum Gasteiger partial charge on any atom is -0.412 e. The van der Waals surface area contributed by atoms with E-state index in [9.17, 15) is 36.0 Å². The fraction of sp³-hybridized carbons (Fsp3) is 0.508. The SMILES string of the molecule is F[C-](F)F.O.O=C1CCC(N2CCC3(CCN(C[C@@H]4CCC(c5ccc(Cl)cc5)=C(CN5CCN(c6ccc(C(=O)NS(=O)(=O)c7c[c-]c(NC(CCN8CCCOCC8)CSc8ccccc8)cc7)cc6)CC5)C4)CC3)CC2)C(=O)N1.[Sc]. The van der Waals surface area contributed by atoms with Crippen molar-refractivity contribution in [2.24, 2.45) is 11.3 Å². The smallest absolute Gasteiger partial charge is 0.264 e. The molecule has 3 amide bonds. The van der Waals surface area contributed by atoms with Crippen LogP contribution in [0.4, 0.5) is 24.5 Å². The molecule has 2 unspecified atom stereocenters. The molecule has 4 aromatic rings. The van der Waals surface area contributed by atoms with Crippen molar-refractivity contribution in [2.75, 3.05) is 114 Å². The maximum atomic E-state index is 13.5. The number of halogens is 4. The van der Waals surface area contributed by atoms with Crippen molar-refractivity contribution >= 4 is 68.1 Å². The Morgan fingerprint density at radius 1 is 0.819 bits per heavy atom. The Morgan fingerprint density at radius 3 is 2.19 bits per heavy atom. The zero-order valence-corrected chi connectivity index (χ0v) is 51.3. The predicted octanol–water partition coefficient (Wildman–Crippen LogP) is 8.82. The number of allylic oxidation sites excluding steroid dienone is 1. The first-order chi connectivity index (χ1) is 39.2. The Balaban J connectivity index is 0.00000160. The maximum Gasteiger partial charge on any atom is 0.264 e. The van der Waals surface area contributed by atoms with E-state index in [1.807, 2.05) is 42.5 Å². The number of carbonyl (C=O) groups is 3. The van der Waals surface area contributed by atoms with E-state index in [1.54, 1.807) is 30.0 Å². The van der Waals surface area contributed by atoms with Gasteiger partial charge in [0, 0.05) is 131 Å². The number of hydrogen-bond donors (Lipinski definition) is 3. The number of nitrogens with one attached hydrogen (secondary N) is 3. The van der Waals surface area contributed by atoms with E-state index >= 15 is 0 Å². The van der Waals surface area contributed by atoms with E-state index in [1.165, 1.54) is 53.0 Å². The van der Waals surface area contributed by atoms with Crippen LogP contribution in [0.5, 0.6) is 0 Å². The van der Waals surface area contributed by atoms with Crippen molar-refractivity contribution in [3.63, 3.8) is 0 Å². The number of piperazine rings is 1. The molecular formula is C61H78ClF3N8O7S2Sc-2. The van der Waals surface area contributed by atoms with Crippen molar-refractivity contribution in [1.82, 2.24) is 29.6 Å². The van der Waals surface area contributed by atoms with Crippen LogP contribution in [0.25, 0.3) is 5.57 Å². The third-order valence-electron chi connectivity index (χ3n) is 17.2. The van der Waals surface area contributed by atoms with E-state index < -0.39 is 22.6 Å². The molecule has 6 aliphatic rings. The fourth-order valence-corrected chi connectivity index (χ4v) is 14.5. The Morgan fingerprint density at radius 2 is 1.52 bits per heavy atom. The third kappa shape index (κ3) is 19.4. The van der Waals surface area contributed by atoms with Gasteiger partial charge in [-0.1, -0.05) is 53.2 Å². The molecule has 1 radical (unpaired) electrons. The molecule has 5 saturated heterocycles. The maximum absolute atomic E-state index is 13.5. The molecule has 0 saturated carbocycles. The van der Waals surface area contributed by atoms with Gasteiger partial charge in [0.25, 0.3) is 5.91 Å². The standard InChI is InChI=1S/C60H76ClN8O6S2.CF3.H2O.Sc/c61-49-12-8-46(9-13-49)55-20-7-45(42-66-30-24-60(25-31-66)26-32-69(33-27-60)56-21-22-57(70)63-59(56)72)41-48(55)43-67-34-36-68(37-35-67)52-16-10-47(11-17-52)58(71)64-77(73,74)54-18-14-50(15-19-54)62-51(44-76-53-5-2-1-3-6-53)23-29-65-28-4-39-75-40-38-65;2-1(3)4;;/h1-3,5-6,8-14,16-19,45,51,56,62H,4,7,20-44H2,(H,64,71)(H,63,70,72);;1H2;/q2*-1;;/t45-,51?,56?;;;/m1.../s1. The molecule has 5 fully saturated rings. The Kier molecular flexibility index (Phi) is 25.6. The number of imide groups is 1. The summed E-state index contributed by atoms with van der Waals surface area (Å²) in [5.41, 5.74) is 6.62. The molecule has 22 heteroatoms. The first-order valence-electron chi connectivity index (χ1n) is 28.7. The van der Waals surface area contributed by atoms with E-state index in [-0.39, 0.29) is 65.7 Å². The first kappa shape index (κ1) is 66.4. The molecule has 3 atom stereocenters. The number of amides is 3. The van der Waals surface area contributed by atoms with Crippen LogP contribution in [-0.4, -0.2) is 167 Å². The zero-order valence-electron chi connectivity index (χ0n) is 47.2. The summed E-state index contributed by atoms with van der Waals surface area (Å²) in [5, 5.41) is 6.90. The molecule has 15 nitrogen and oxygen atoms in total. The monoisotopic (exact) mass is 1240 g/mol. The third-order valence-corrected chi connectivity index (χ3v) is 19.9. The van der Waals surface area contributed by atoms with Crippen LogP contribution in [0.2, 0.25) is 5.02 Å². The second-order valence-corrected chi connectivity index (χ2v) is 25.7. The summed E-state index contributed by atoms with van der Waals surface area (Å²) in [6, 6.07) is 33.7. The van der Waals surface area contributed by atoms with Crippen LogP contribution < -0.4 is 20.3 Å². The van der Waals surface area contributed by atoms with Crippen molar-refractivity contribution in [3.8, 4) is 0 Å². The van der Waals surface area contributed by atoms with Gasteiger partial charge in [0.15, 0.2) is 6.68 Å². The summed E-state index contributed by atoms with van der Waals surface area (Å²) in [6.07, 6.45) is 11.0. The normalized spacial score (nSPS) is 21.6. The quantitative estimate of drug-likeness (QED) is 0.0490. The van der Waals surface area contributed by atoms with Crippen LogP contribution >= 0.6 is 23.4 Å². The first-order valence-corrected chi connectivity index (χ1v) is 31.5. The number of hydrogen-bond acceptors (Lipinski definition) is 13. The number of ether oxygens (including phenoxy) is 1. The molecule has 5 aliphatic heterocycles. The number of rotatable bonds is 18. The fourth-order valence-electron chi connectivity index (χ4n) is 12.5. The largest absolute Gasteiger partial charge is 0.412 e. The van der Waals surface area contributed by atoms with Gasteiger partial charge in [-0.25, -0.2) is 8.42 Å². The zero-order chi connectivity index (χ0) is 56.8. The molecule has 0 bridgehead atoms. The van der Waals surface area contributed by atoms with Crippen molar-refractivity contribution in [1.29, 1.82) is 0 Å². The van der Waals surface area contributed by atoms with Crippen LogP contribution in [-0.2, 0) is 50.2 Å². The molecule has 449 valence electrons. The molecule has 10 rings (SSSR count). The van der Waals surface area contributed by atoms with Crippen molar-refractivity contribution < 1.29 is 72.0 Å². The van der Waals surface area contributed by atoms with Crippen molar-refractivity contribution in [3.05, 3.63) is 132 Å². The van der Waals surface area contributed by atoms with E-state index in [4.69, 9.17) is 16.3 Å². The summed E-state index contributed by atoms with van der Waals surface area (Å²) in [6.45, 7) is 11.0. The average molecular weight is 1240 g/mol. The number of likely N-dealkylation sites (tertiary alicyclic amines) is 2. The molecule has 5 heterocycles. The molecule has 1 aliphatic carbocycles. The van der Waals surface area contributed by atoms with Gasteiger partial charge in [0.05, 0.1) is 12.6 Å². The summed E-state index contributed by atoms with van der Waals surface area (Å²) >= 11 is 8.15. The van der Waals surface area contributed by atoms with Crippen LogP contribution in [0.15, 0.2) is 112 Å². The van der Waals surface area contributed by atoms with Gasteiger partial charge in [-0.05, 0) is 166 Å². The second kappa shape index (κ2) is 32.0. The number of piperidine rings is 3. The van der Waals surface area contributed by atoms with Gasteiger partial charge in [0.1, 0.15) is 0 Å². The Hall–Kier alpha value is -4.16. The van der Waals surface area contributed by atoms with Gasteiger partial charge in [0.2, 0.25) is 21.8 Å². The van der Waals surface area contributed by atoms with E-state index in [0.717, 1.165) is 153 Å². The van der Waals surface area contributed by atoms with E-state index in [0.29, 0.717) is 29.9 Å². The van der Waals surface area contributed by atoms with Gasteiger partial charge in [-0.2, -0.15) is 18.2 Å². The topological polar surface area (TPSA) is 178 Å². The molecule has 0 aromatic heterocycles. The van der Waals surface area contributed by atoms with Gasteiger partial charge in [-0.3, -0.25) is 34.2 Å². The minimum atomic E-state index is -4.15. The Labute approximate surface area is 516 Å².